The van der Waals surface area contributed by atoms with Crippen molar-refractivity contribution >= 4 is 5.78 Å². The summed E-state index contributed by atoms with van der Waals surface area (Å²) in [7, 11) is 0. The molecule has 0 fully saturated rings. The molecule has 0 saturated carbocycles. The Bertz CT molecular complexity index is 249. The van der Waals surface area contributed by atoms with Crippen LogP contribution in [0.1, 0.15) is 20.8 Å². The molecule has 0 rings (SSSR count). The number of carbonyl (C=O) groups is 1. The molecule has 0 aromatic carbocycles. The van der Waals surface area contributed by atoms with Gasteiger partial charge in [-0.1, -0.05) is 12.0 Å². The van der Waals surface area contributed by atoms with Crippen LogP contribution in [-0.2, 0) is 4.79 Å². The van der Waals surface area contributed by atoms with Gasteiger partial charge in [0, 0.05) is 5.57 Å². The second-order valence-corrected chi connectivity index (χ2v) is 2.27. The Kier molecular flexibility index (Phi) is 3.98. The van der Waals surface area contributed by atoms with Crippen LogP contribution >= 0.6 is 0 Å². The first-order chi connectivity index (χ1) is 5.11. The van der Waals surface area contributed by atoms with E-state index in [4.69, 9.17) is 6.42 Å². The molecule has 0 amide bonds. The number of Topliss-reactive ketones (excluding diaryl/α,β-unsaturated/α-hetero) is 1. The molecule has 0 radical (unpaired) electrons. The van der Waals surface area contributed by atoms with Crippen molar-refractivity contribution < 1.29 is 4.79 Å². The van der Waals surface area contributed by atoms with Crippen LogP contribution in [0.25, 0.3) is 0 Å². The van der Waals surface area contributed by atoms with Gasteiger partial charge in [-0.2, -0.15) is 0 Å². The molecule has 0 aromatic heterocycles. The van der Waals surface area contributed by atoms with Gasteiger partial charge in [0.25, 0.3) is 0 Å². The van der Waals surface area contributed by atoms with Gasteiger partial charge in [-0.25, -0.2) is 0 Å². The van der Waals surface area contributed by atoms with E-state index in [1.807, 2.05) is 6.92 Å². The monoisotopic (exact) mass is 148 g/mol. The van der Waals surface area contributed by atoms with Crippen LogP contribution in [0.4, 0.5) is 0 Å². The van der Waals surface area contributed by atoms with Crippen molar-refractivity contribution in [2.75, 3.05) is 0 Å². The molecule has 0 atom stereocenters. The average Bonchev–Trinajstić information content (AvgIpc) is 1.99. The molecular weight excluding hydrogens is 136 g/mol. The minimum absolute atomic E-state index is 0.0436. The fourth-order valence-electron chi connectivity index (χ4n) is 0.663. The Balaban J connectivity index is 4.62. The standard InChI is InChI=1S/C10H12O/c1-5-8(3)7-10(6-2)9(4)11/h1,6-7H,2-4H3/b8-7+,10-6+. The number of allylic oxidation sites excluding steroid dienone is 4. The second-order valence-electron chi connectivity index (χ2n) is 2.27. The second kappa shape index (κ2) is 4.51. The first kappa shape index (κ1) is 9.71. The Labute approximate surface area is 67.8 Å². The van der Waals surface area contributed by atoms with Crippen molar-refractivity contribution in [2.45, 2.75) is 20.8 Å². The van der Waals surface area contributed by atoms with Gasteiger partial charge in [0.05, 0.1) is 0 Å². The van der Waals surface area contributed by atoms with Gasteiger partial charge in [0.2, 0.25) is 0 Å². The summed E-state index contributed by atoms with van der Waals surface area (Å²) in [5.74, 6) is 2.50. The van der Waals surface area contributed by atoms with Gasteiger partial charge in [-0.15, -0.1) is 6.42 Å². The number of carbonyl (C=O) groups excluding carboxylic acids is 1. The van der Waals surface area contributed by atoms with Crippen LogP contribution in [0.15, 0.2) is 23.3 Å². The predicted octanol–water partition coefficient (Wildman–Crippen LogP) is 2.10. The number of rotatable bonds is 2. The zero-order valence-electron chi connectivity index (χ0n) is 7.14. The highest BCUT2D eigenvalue weighted by molar-refractivity contribution is 5.96. The maximum atomic E-state index is 10.8. The van der Waals surface area contributed by atoms with Crippen LogP contribution in [0, 0.1) is 12.3 Å². The third-order valence-corrected chi connectivity index (χ3v) is 1.32. The molecule has 0 bridgehead atoms. The lowest BCUT2D eigenvalue weighted by Crippen LogP contribution is -1.92. The Hall–Kier alpha value is -1.29. The minimum atomic E-state index is 0.0436. The Morgan fingerprint density at radius 2 is 2.00 bits per heavy atom. The molecule has 0 saturated heterocycles. The summed E-state index contributed by atoms with van der Waals surface area (Å²) >= 11 is 0. The molecular formula is C10H12O. The van der Waals surface area contributed by atoms with E-state index in [0.29, 0.717) is 5.57 Å². The fourth-order valence-corrected chi connectivity index (χ4v) is 0.663. The van der Waals surface area contributed by atoms with E-state index in [1.54, 1.807) is 19.1 Å². The van der Waals surface area contributed by atoms with Gasteiger partial charge in [-0.3, -0.25) is 4.79 Å². The third kappa shape index (κ3) is 3.42. The molecule has 1 heteroatoms. The Morgan fingerprint density at radius 1 is 1.45 bits per heavy atom. The highest BCUT2D eigenvalue weighted by Crippen LogP contribution is 2.02. The van der Waals surface area contributed by atoms with Gasteiger partial charge >= 0.3 is 0 Å². The zero-order valence-corrected chi connectivity index (χ0v) is 7.14. The fraction of sp³-hybridized carbons (Fsp3) is 0.300. The van der Waals surface area contributed by atoms with Crippen molar-refractivity contribution in [1.82, 2.24) is 0 Å². The molecule has 0 spiro atoms. The summed E-state index contributed by atoms with van der Waals surface area (Å²) in [5, 5.41) is 0. The van der Waals surface area contributed by atoms with E-state index >= 15 is 0 Å². The van der Waals surface area contributed by atoms with E-state index in [-0.39, 0.29) is 5.78 Å². The van der Waals surface area contributed by atoms with Crippen molar-refractivity contribution in [2.24, 2.45) is 0 Å². The average molecular weight is 148 g/mol. The molecule has 0 N–H and O–H groups in total. The number of ketones is 1. The van der Waals surface area contributed by atoms with Crippen molar-refractivity contribution in [3.05, 3.63) is 23.3 Å². The zero-order chi connectivity index (χ0) is 8.85. The number of hydrogen-bond donors (Lipinski definition) is 0. The molecule has 0 aliphatic heterocycles. The summed E-state index contributed by atoms with van der Waals surface area (Å²) in [6, 6.07) is 0. The molecule has 58 valence electrons. The van der Waals surface area contributed by atoms with E-state index in [0.717, 1.165) is 5.57 Å². The first-order valence-corrected chi connectivity index (χ1v) is 3.44. The molecule has 0 unspecified atom stereocenters. The third-order valence-electron chi connectivity index (χ3n) is 1.32. The van der Waals surface area contributed by atoms with Gasteiger partial charge < -0.3 is 0 Å². The predicted molar refractivity (Wildman–Crippen MR) is 47.0 cm³/mol. The summed E-state index contributed by atoms with van der Waals surface area (Å²) in [4.78, 5) is 10.8. The van der Waals surface area contributed by atoms with E-state index in [1.165, 1.54) is 6.92 Å². The largest absolute Gasteiger partial charge is 0.295 e. The lowest BCUT2D eigenvalue weighted by atomic mass is 10.1. The lowest BCUT2D eigenvalue weighted by molar-refractivity contribution is -0.113. The highest BCUT2D eigenvalue weighted by Gasteiger charge is 1.96. The minimum Gasteiger partial charge on any atom is -0.295 e. The van der Waals surface area contributed by atoms with Crippen LogP contribution in [0.5, 0.6) is 0 Å². The van der Waals surface area contributed by atoms with Crippen molar-refractivity contribution in [3.8, 4) is 12.3 Å². The molecule has 0 heterocycles. The van der Waals surface area contributed by atoms with Crippen LogP contribution in [0.3, 0.4) is 0 Å². The summed E-state index contributed by atoms with van der Waals surface area (Å²) in [5.41, 5.74) is 1.44. The van der Waals surface area contributed by atoms with Gasteiger partial charge in [0.1, 0.15) is 0 Å². The summed E-state index contributed by atoms with van der Waals surface area (Å²) in [6.07, 6.45) is 8.58. The topological polar surface area (TPSA) is 17.1 Å². The summed E-state index contributed by atoms with van der Waals surface area (Å²) in [6.45, 7) is 5.14. The maximum absolute atomic E-state index is 10.8. The van der Waals surface area contributed by atoms with Crippen molar-refractivity contribution in [3.63, 3.8) is 0 Å². The van der Waals surface area contributed by atoms with Gasteiger partial charge in [-0.05, 0) is 32.4 Å². The van der Waals surface area contributed by atoms with Crippen molar-refractivity contribution in [1.29, 1.82) is 0 Å². The number of terminal acetylenes is 1. The maximum Gasteiger partial charge on any atom is 0.159 e. The van der Waals surface area contributed by atoms with E-state index < -0.39 is 0 Å². The molecule has 0 aliphatic carbocycles. The smallest absolute Gasteiger partial charge is 0.159 e. The SMILES string of the molecule is C#C/C(C)=C/C(=C\C)C(C)=O. The summed E-state index contributed by atoms with van der Waals surface area (Å²) < 4.78 is 0. The van der Waals surface area contributed by atoms with Crippen LogP contribution in [-0.4, -0.2) is 5.78 Å². The highest BCUT2D eigenvalue weighted by atomic mass is 16.1. The van der Waals surface area contributed by atoms with Crippen LogP contribution < -0.4 is 0 Å². The normalized spacial score (nSPS) is 12.5. The van der Waals surface area contributed by atoms with Gasteiger partial charge in [0.15, 0.2) is 5.78 Å². The first-order valence-electron chi connectivity index (χ1n) is 3.44. The molecule has 11 heavy (non-hydrogen) atoms. The van der Waals surface area contributed by atoms with E-state index in [9.17, 15) is 4.79 Å². The Morgan fingerprint density at radius 3 is 2.27 bits per heavy atom. The molecule has 0 aromatic rings. The quantitative estimate of drug-likeness (QED) is 0.333. The number of hydrogen-bond acceptors (Lipinski definition) is 1. The molecule has 0 aliphatic rings. The van der Waals surface area contributed by atoms with E-state index in [2.05, 4.69) is 5.92 Å². The lowest BCUT2D eigenvalue weighted by Gasteiger charge is -1.93. The van der Waals surface area contributed by atoms with Crippen LogP contribution in [0.2, 0.25) is 0 Å². The molecule has 1 nitrogen and oxygen atoms in total.